The second-order valence-corrected chi connectivity index (χ2v) is 11.2. The summed E-state index contributed by atoms with van der Waals surface area (Å²) in [7, 11) is 0. The summed E-state index contributed by atoms with van der Waals surface area (Å²) < 4.78 is 0. The number of nitrogens with zero attached hydrogens (tertiary/aromatic N) is 1. The number of unbranched alkanes of at least 4 members (excludes halogenated alkanes) is 14. The van der Waals surface area contributed by atoms with E-state index in [1.165, 1.54) is 129 Å². The molecular weight excluding hydrogens is 362 g/mol. The molecule has 182 valence electrons. The number of hydrogen-bond acceptors (Lipinski definition) is 1. The van der Waals surface area contributed by atoms with Gasteiger partial charge in [-0.1, -0.05) is 124 Å². The normalized spacial score (nSPS) is 12.8. The molecule has 0 amide bonds. The Labute approximate surface area is 193 Å². The fourth-order valence-corrected chi connectivity index (χ4v) is 5.24. The Kier molecular flexibility index (Phi) is 18.5. The largest absolute Gasteiger partial charge is 0.293 e. The fraction of sp³-hybridized carbons (Fsp3) is 1.00. The Morgan fingerprint density at radius 3 is 1.07 bits per heavy atom. The summed E-state index contributed by atoms with van der Waals surface area (Å²) in [6, 6.07) is 0. The summed E-state index contributed by atoms with van der Waals surface area (Å²) in [5.74, 6) is 0. The standard InChI is InChI=1S/C29H61N/c1-8-11-14-16-18-20-22-25-28(4,5)30(27-24-13-10-3)29(6,7)26-23-21-19-17-15-12-9-2/h8-27H2,1-7H3. The minimum atomic E-state index is 0.321. The summed E-state index contributed by atoms with van der Waals surface area (Å²) in [5.41, 5.74) is 0.642. The van der Waals surface area contributed by atoms with Crippen LogP contribution >= 0.6 is 0 Å². The van der Waals surface area contributed by atoms with Gasteiger partial charge in [-0.3, -0.25) is 4.90 Å². The molecule has 0 radical (unpaired) electrons. The van der Waals surface area contributed by atoms with Crippen molar-refractivity contribution < 1.29 is 0 Å². The van der Waals surface area contributed by atoms with Gasteiger partial charge in [0.25, 0.3) is 0 Å². The first-order chi connectivity index (χ1) is 14.3. The second-order valence-electron chi connectivity index (χ2n) is 11.2. The first kappa shape index (κ1) is 30.0. The maximum Gasteiger partial charge on any atom is 0.0158 e. The van der Waals surface area contributed by atoms with Gasteiger partial charge in [0, 0.05) is 11.1 Å². The molecule has 0 N–H and O–H groups in total. The second kappa shape index (κ2) is 18.5. The van der Waals surface area contributed by atoms with Crippen LogP contribution in [0, 0.1) is 0 Å². The summed E-state index contributed by atoms with van der Waals surface area (Å²) in [6.07, 6.45) is 26.6. The lowest BCUT2D eigenvalue weighted by molar-refractivity contribution is 0.00161. The maximum absolute atomic E-state index is 2.91. The zero-order valence-corrected chi connectivity index (χ0v) is 22.6. The van der Waals surface area contributed by atoms with Crippen LogP contribution in [0.5, 0.6) is 0 Å². The third-order valence-corrected chi connectivity index (χ3v) is 7.23. The first-order valence-electron chi connectivity index (χ1n) is 14.1. The van der Waals surface area contributed by atoms with Crippen molar-refractivity contribution in [2.45, 2.75) is 182 Å². The van der Waals surface area contributed by atoms with Gasteiger partial charge >= 0.3 is 0 Å². The zero-order valence-electron chi connectivity index (χ0n) is 22.6. The molecule has 0 rings (SSSR count). The molecule has 0 spiro atoms. The average molecular weight is 424 g/mol. The number of rotatable bonds is 22. The topological polar surface area (TPSA) is 3.24 Å². The Morgan fingerprint density at radius 2 is 0.700 bits per heavy atom. The zero-order chi connectivity index (χ0) is 22.7. The lowest BCUT2D eigenvalue weighted by atomic mass is 9.85. The van der Waals surface area contributed by atoms with Gasteiger partial charge in [0.15, 0.2) is 0 Å². The summed E-state index contributed by atoms with van der Waals surface area (Å²) >= 11 is 0. The van der Waals surface area contributed by atoms with Gasteiger partial charge < -0.3 is 0 Å². The van der Waals surface area contributed by atoms with Gasteiger partial charge in [0.1, 0.15) is 0 Å². The van der Waals surface area contributed by atoms with Crippen molar-refractivity contribution in [3.63, 3.8) is 0 Å². The Hall–Kier alpha value is -0.0400. The van der Waals surface area contributed by atoms with Crippen molar-refractivity contribution in [2.24, 2.45) is 0 Å². The molecule has 0 unspecified atom stereocenters. The highest BCUT2D eigenvalue weighted by molar-refractivity contribution is 4.92. The molecule has 0 atom stereocenters. The van der Waals surface area contributed by atoms with Crippen molar-refractivity contribution in [1.82, 2.24) is 4.90 Å². The lowest BCUT2D eigenvalue weighted by Gasteiger charge is -2.49. The predicted molar refractivity (Wildman–Crippen MR) is 140 cm³/mol. The van der Waals surface area contributed by atoms with Crippen LogP contribution in [0.4, 0.5) is 0 Å². The van der Waals surface area contributed by atoms with Crippen molar-refractivity contribution in [1.29, 1.82) is 0 Å². The predicted octanol–water partition coefficient (Wildman–Crippen LogP) is 10.3. The van der Waals surface area contributed by atoms with Crippen LogP contribution in [-0.4, -0.2) is 22.5 Å². The maximum atomic E-state index is 2.91. The lowest BCUT2D eigenvalue weighted by Crippen LogP contribution is -2.55. The minimum Gasteiger partial charge on any atom is -0.293 e. The first-order valence-corrected chi connectivity index (χ1v) is 14.1. The van der Waals surface area contributed by atoms with Crippen LogP contribution < -0.4 is 0 Å². The van der Waals surface area contributed by atoms with E-state index in [1.807, 2.05) is 0 Å². The summed E-state index contributed by atoms with van der Waals surface area (Å²) in [6.45, 7) is 18.3. The Balaban J connectivity index is 4.55. The monoisotopic (exact) mass is 423 g/mol. The molecule has 0 aromatic carbocycles. The third kappa shape index (κ3) is 14.9. The van der Waals surface area contributed by atoms with Crippen molar-refractivity contribution in [3.05, 3.63) is 0 Å². The van der Waals surface area contributed by atoms with E-state index in [0.717, 1.165) is 0 Å². The van der Waals surface area contributed by atoms with E-state index in [-0.39, 0.29) is 0 Å². The average Bonchev–Trinajstić information content (AvgIpc) is 2.69. The molecule has 0 fully saturated rings. The SMILES string of the molecule is CCCCCCCCCC(C)(C)N(CCCCC)C(C)(C)CCCCCCCCC. The van der Waals surface area contributed by atoms with Crippen LogP contribution in [0.3, 0.4) is 0 Å². The molecule has 0 aliphatic carbocycles. The van der Waals surface area contributed by atoms with Crippen molar-refractivity contribution in [3.8, 4) is 0 Å². The molecule has 0 aliphatic rings. The molecule has 0 aromatic heterocycles. The Bertz CT molecular complexity index is 327. The van der Waals surface area contributed by atoms with Gasteiger partial charge in [-0.25, -0.2) is 0 Å². The minimum absolute atomic E-state index is 0.321. The molecule has 0 bridgehead atoms. The molecule has 30 heavy (non-hydrogen) atoms. The van der Waals surface area contributed by atoms with Crippen LogP contribution in [0.25, 0.3) is 0 Å². The molecule has 0 aliphatic heterocycles. The quantitative estimate of drug-likeness (QED) is 0.156. The molecule has 0 saturated heterocycles. The molecule has 0 aromatic rings. The van der Waals surface area contributed by atoms with E-state index < -0.39 is 0 Å². The van der Waals surface area contributed by atoms with Gasteiger partial charge in [0.2, 0.25) is 0 Å². The molecule has 1 heteroatoms. The van der Waals surface area contributed by atoms with Gasteiger partial charge in [-0.15, -0.1) is 0 Å². The van der Waals surface area contributed by atoms with E-state index in [4.69, 9.17) is 0 Å². The highest BCUT2D eigenvalue weighted by Gasteiger charge is 2.36. The molecule has 0 saturated carbocycles. The van der Waals surface area contributed by atoms with E-state index in [2.05, 4.69) is 53.4 Å². The van der Waals surface area contributed by atoms with E-state index in [9.17, 15) is 0 Å². The van der Waals surface area contributed by atoms with Crippen molar-refractivity contribution in [2.75, 3.05) is 6.54 Å². The third-order valence-electron chi connectivity index (χ3n) is 7.23. The van der Waals surface area contributed by atoms with Gasteiger partial charge in [0.05, 0.1) is 0 Å². The summed E-state index contributed by atoms with van der Waals surface area (Å²) in [5, 5.41) is 0. The van der Waals surface area contributed by atoms with E-state index >= 15 is 0 Å². The van der Waals surface area contributed by atoms with Gasteiger partial charge in [-0.2, -0.15) is 0 Å². The molecule has 1 nitrogen and oxygen atoms in total. The Morgan fingerprint density at radius 1 is 0.400 bits per heavy atom. The molecular formula is C29H61N. The number of hydrogen-bond donors (Lipinski definition) is 0. The smallest absolute Gasteiger partial charge is 0.0158 e. The highest BCUT2D eigenvalue weighted by Crippen LogP contribution is 2.33. The van der Waals surface area contributed by atoms with Crippen molar-refractivity contribution >= 4 is 0 Å². The van der Waals surface area contributed by atoms with Crippen LogP contribution in [0.1, 0.15) is 170 Å². The van der Waals surface area contributed by atoms with Crippen LogP contribution in [0.2, 0.25) is 0 Å². The fourth-order valence-electron chi connectivity index (χ4n) is 5.24. The van der Waals surface area contributed by atoms with E-state index in [0.29, 0.717) is 11.1 Å². The van der Waals surface area contributed by atoms with Crippen LogP contribution in [-0.2, 0) is 0 Å². The van der Waals surface area contributed by atoms with Gasteiger partial charge in [-0.05, 0) is 53.5 Å². The molecule has 0 heterocycles. The van der Waals surface area contributed by atoms with E-state index in [1.54, 1.807) is 0 Å². The highest BCUT2D eigenvalue weighted by atomic mass is 15.2. The van der Waals surface area contributed by atoms with Crippen LogP contribution in [0.15, 0.2) is 0 Å². The summed E-state index contributed by atoms with van der Waals surface area (Å²) in [4.78, 5) is 2.91.